The first kappa shape index (κ1) is 14.7. The van der Waals surface area contributed by atoms with E-state index in [-0.39, 0.29) is 28.8 Å². The zero-order valence-corrected chi connectivity index (χ0v) is 11.8. The van der Waals surface area contributed by atoms with Crippen molar-refractivity contribution in [2.45, 2.75) is 11.4 Å². The maximum Gasteiger partial charge on any atom is 0.259 e. The monoisotopic (exact) mass is 326 g/mol. The Morgan fingerprint density at radius 1 is 1.58 bits per heavy atom. The van der Waals surface area contributed by atoms with Crippen LogP contribution < -0.4 is 15.3 Å². The predicted octanol–water partition coefficient (Wildman–Crippen LogP) is -0.186. The zero-order valence-electron chi connectivity index (χ0n) is 9.46. The zero-order chi connectivity index (χ0) is 14.2. The molecule has 0 aromatic heterocycles. The van der Waals surface area contributed by atoms with E-state index < -0.39 is 21.3 Å². The Morgan fingerprint density at radius 2 is 2.26 bits per heavy atom. The molecule has 2 rings (SSSR count). The first-order valence-corrected chi connectivity index (χ1v) is 7.97. The van der Waals surface area contributed by atoms with Gasteiger partial charge in [-0.1, -0.05) is 11.6 Å². The van der Waals surface area contributed by atoms with E-state index in [1.165, 1.54) is 17.1 Å². The van der Waals surface area contributed by atoms with Gasteiger partial charge in [-0.3, -0.25) is 9.27 Å². The SMILES string of the molecule is NCN1Cc2cc(Cl)c(NS(=O)O)cc2S(=O)(=O)N1. The molecule has 1 aromatic rings. The quantitative estimate of drug-likeness (QED) is 0.571. The lowest BCUT2D eigenvalue weighted by atomic mass is 10.2. The predicted molar refractivity (Wildman–Crippen MR) is 70.8 cm³/mol. The minimum atomic E-state index is -3.76. The number of hydrazine groups is 1. The number of sulfonamides is 1. The molecule has 0 aliphatic carbocycles. The fraction of sp³-hybridized carbons (Fsp3) is 0.250. The molecule has 19 heavy (non-hydrogen) atoms. The molecule has 1 aromatic carbocycles. The van der Waals surface area contributed by atoms with Crippen LogP contribution >= 0.6 is 11.6 Å². The number of rotatable bonds is 3. The Balaban J connectivity index is 2.53. The number of benzene rings is 1. The Labute approximate surface area is 117 Å². The summed E-state index contributed by atoms with van der Waals surface area (Å²) >= 11 is 3.58. The van der Waals surface area contributed by atoms with Gasteiger partial charge in [0.15, 0.2) is 0 Å². The van der Waals surface area contributed by atoms with Gasteiger partial charge in [0, 0.05) is 6.54 Å². The summed E-state index contributed by atoms with van der Waals surface area (Å²) < 4.78 is 45.6. The van der Waals surface area contributed by atoms with E-state index >= 15 is 0 Å². The van der Waals surface area contributed by atoms with Gasteiger partial charge in [-0.05, 0) is 17.7 Å². The highest BCUT2D eigenvalue weighted by Crippen LogP contribution is 2.31. The number of fused-ring (bicyclic) bond motifs is 1. The average Bonchev–Trinajstić information content (AvgIpc) is 2.29. The van der Waals surface area contributed by atoms with Crippen LogP contribution in [-0.2, 0) is 27.8 Å². The van der Waals surface area contributed by atoms with Crippen molar-refractivity contribution in [3.8, 4) is 0 Å². The van der Waals surface area contributed by atoms with Crippen LogP contribution in [0.2, 0.25) is 5.02 Å². The van der Waals surface area contributed by atoms with E-state index in [0.717, 1.165) is 0 Å². The summed E-state index contributed by atoms with van der Waals surface area (Å²) in [6.07, 6.45) is 0. The van der Waals surface area contributed by atoms with Crippen molar-refractivity contribution in [2.24, 2.45) is 5.73 Å². The van der Waals surface area contributed by atoms with Crippen molar-refractivity contribution >= 4 is 38.6 Å². The Hall–Kier alpha value is -0.750. The molecule has 0 bridgehead atoms. The first-order valence-electron chi connectivity index (χ1n) is 5.01. The van der Waals surface area contributed by atoms with Gasteiger partial charge in [-0.25, -0.2) is 17.6 Å². The van der Waals surface area contributed by atoms with Gasteiger partial charge < -0.3 is 5.73 Å². The van der Waals surface area contributed by atoms with Crippen LogP contribution in [0.3, 0.4) is 0 Å². The Bertz CT molecular complexity index is 636. The van der Waals surface area contributed by atoms with Gasteiger partial charge in [-0.2, -0.15) is 0 Å². The summed E-state index contributed by atoms with van der Waals surface area (Å²) in [5.74, 6) is 0. The number of anilines is 1. The van der Waals surface area contributed by atoms with Crippen LogP contribution in [0.5, 0.6) is 0 Å². The third-order valence-electron chi connectivity index (χ3n) is 2.47. The third kappa shape index (κ3) is 3.05. The van der Waals surface area contributed by atoms with E-state index in [4.69, 9.17) is 21.9 Å². The number of nitrogens with zero attached hydrogens (tertiary/aromatic N) is 1. The minimum Gasteiger partial charge on any atom is -0.317 e. The molecule has 0 fully saturated rings. The summed E-state index contributed by atoms with van der Waals surface area (Å²) in [5, 5.41) is 1.46. The molecule has 1 heterocycles. The third-order valence-corrected chi connectivity index (χ3v) is 4.63. The van der Waals surface area contributed by atoms with Gasteiger partial charge in [0.2, 0.25) is 0 Å². The molecule has 106 valence electrons. The lowest BCUT2D eigenvalue weighted by molar-refractivity contribution is 0.228. The normalized spacial score (nSPS) is 19.7. The van der Waals surface area contributed by atoms with E-state index in [1.807, 2.05) is 0 Å². The molecule has 11 heteroatoms. The highest BCUT2D eigenvalue weighted by atomic mass is 35.5. The molecule has 1 aliphatic heterocycles. The van der Waals surface area contributed by atoms with Gasteiger partial charge in [0.25, 0.3) is 21.3 Å². The smallest absolute Gasteiger partial charge is 0.259 e. The molecule has 0 spiro atoms. The molecule has 1 unspecified atom stereocenters. The summed E-state index contributed by atoms with van der Waals surface area (Å²) in [4.78, 5) is 2.26. The van der Waals surface area contributed by atoms with Crippen LogP contribution in [-0.4, -0.2) is 28.9 Å². The largest absolute Gasteiger partial charge is 0.317 e. The summed E-state index contributed by atoms with van der Waals surface area (Å²) in [6, 6.07) is 2.63. The van der Waals surface area contributed by atoms with Crippen LogP contribution in [0.25, 0.3) is 0 Å². The van der Waals surface area contributed by atoms with Crippen molar-refractivity contribution < 1.29 is 17.2 Å². The fourth-order valence-corrected chi connectivity index (χ4v) is 3.66. The van der Waals surface area contributed by atoms with Crippen molar-refractivity contribution in [1.82, 2.24) is 9.84 Å². The lowest BCUT2D eigenvalue weighted by Gasteiger charge is -2.28. The van der Waals surface area contributed by atoms with E-state index in [0.29, 0.717) is 5.56 Å². The molecule has 1 aliphatic rings. The number of hydrogen-bond acceptors (Lipinski definition) is 5. The summed E-state index contributed by atoms with van der Waals surface area (Å²) in [6.45, 7) is 0.268. The fourth-order valence-electron chi connectivity index (χ4n) is 1.70. The second kappa shape index (κ2) is 5.32. The lowest BCUT2D eigenvalue weighted by Crippen LogP contribution is -2.48. The number of nitrogens with two attached hydrogens (primary N) is 1. The van der Waals surface area contributed by atoms with Crippen LogP contribution in [0.4, 0.5) is 5.69 Å². The van der Waals surface area contributed by atoms with Gasteiger partial charge >= 0.3 is 0 Å². The van der Waals surface area contributed by atoms with E-state index in [9.17, 15) is 12.6 Å². The molecular weight excluding hydrogens is 316 g/mol. The highest BCUT2D eigenvalue weighted by molar-refractivity contribution is 7.89. The second-order valence-corrected chi connectivity index (χ2v) is 6.51. The molecule has 5 N–H and O–H groups in total. The van der Waals surface area contributed by atoms with Crippen LogP contribution in [0, 0.1) is 0 Å². The molecule has 0 saturated carbocycles. The maximum atomic E-state index is 12.0. The van der Waals surface area contributed by atoms with Crippen LogP contribution in [0.15, 0.2) is 17.0 Å². The van der Waals surface area contributed by atoms with E-state index in [1.54, 1.807) is 0 Å². The average molecular weight is 327 g/mol. The number of nitrogens with one attached hydrogen (secondary N) is 2. The highest BCUT2D eigenvalue weighted by Gasteiger charge is 2.28. The maximum absolute atomic E-state index is 12.0. The van der Waals surface area contributed by atoms with Gasteiger partial charge in [0.1, 0.15) is 0 Å². The second-order valence-electron chi connectivity index (χ2n) is 3.77. The van der Waals surface area contributed by atoms with Crippen molar-refractivity contribution in [3.05, 3.63) is 22.7 Å². The standard InChI is InChI=1S/C8H11ClN4O4S2/c9-6-1-5-3-13(4-10)12-19(16,17)8(5)2-7(6)11-18(14)15/h1-2,11-12H,3-4,10H2,(H,14,15). The molecule has 0 amide bonds. The van der Waals surface area contributed by atoms with E-state index in [2.05, 4.69) is 9.55 Å². The molecule has 1 atom stereocenters. The minimum absolute atomic E-state index is 0.00505. The summed E-state index contributed by atoms with van der Waals surface area (Å²) in [5.41, 5.74) is 5.92. The van der Waals surface area contributed by atoms with Crippen molar-refractivity contribution in [2.75, 3.05) is 11.4 Å². The molecule has 8 nitrogen and oxygen atoms in total. The Kier molecular flexibility index (Phi) is 4.11. The van der Waals surface area contributed by atoms with Crippen molar-refractivity contribution in [3.63, 3.8) is 0 Å². The number of halogens is 1. The molecule has 0 radical (unpaired) electrons. The van der Waals surface area contributed by atoms with Crippen LogP contribution in [0.1, 0.15) is 5.56 Å². The molecular formula is C8H11ClN4O4S2. The molecule has 0 saturated heterocycles. The summed E-state index contributed by atoms with van der Waals surface area (Å²) in [7, 11) is -3.76. The van der Waals surface area contributed by atoms with Gasteiger partial charge in [0.05, 0.1) is 22.3 Å². The number of hydrogen-bond donors (Lipinski definition) is 4. The topological polar surface area (TPSA) is 125 Å². The van der Waals surface area contributed by atoms with Gasteiger partial charge in [-0.15, -0.1) is 4.83 Å². The first-order chi connectivity index (χ1) is 8.83. The Morgan fingerprint density at radius 3 is 2.84 bits per heavy atom. The van der Waals surface area contributed by atoms with Crippen molar-refractivity contribution in [1.29, 1.82) is 0 Å².